The number of allylic oxidation sites excluding steroid dienone is 2. The van der Waals surface area contributed by atoms with E-state index in [1.807, 2.05) is 0 Å². The van der Waals surface area contributed by atoms with Gasteiger partial charge in [0.2, 0.25) is 0 Å². The minimum atomic E-state index is -0.0774. The van der Waals surface area contributed by atoms with E-state index in [1.165, 1.54) is 81.8 Å². The summed E-state index contributed by atoms with van der Waals surface area (Å²) in [5.41, 5.74) is 13.6. The Morgan fingerprint density at radius 2 is 1.90 bits per heavy atom. The van der Waals surface area contributed by atoms with Gasteiger partial charge in [0.25, 0.3) is 0 Å². The van der Waals surface area contributed by atoms with Gasteiger partial charge >= 0.3 is 0 Å². The van der Waals surface area contributed by atoms with Crippen LogP contribution >= 0.6 is 0 Å². The largest absolute Gasteiger partial charge is 0.318 e. The molecule has 1 nitrogen and oxygen atoms in total. The Labute approximate surface area is 177 Å². The predicted molar refractivity (Wildman–Crippen MR) is 123 cm³/mol. The van der Waals surface area contributed by atoms with E-state index in [0.717, 1.165) is 17.8 Å². The van der Waals surface area contributed by atoms with E-state index in [9.17, 15) is 0 Å². The fourth-order valence-electron chi connectivity index (χ4n) is 7.59. The second-order valence-electron chi connectivity index (χ2n) is 10.9. The van der Waals surface area contributed by atoms with Crippen LogP contribution in [0.25, 0.3) is 0 Å². The fraction of sp³-hybridized carbons (Fsp3) is 0.643. The summed E-state index contributed by atoms with van der Waals surface area (Å²) < 4.78 is 0. The molecule has 5 rings (SSSR count). The minimum Gasteiger partial charge on any atom is -0.318 e. The quantitative estimate of drug-likeness (QED) is 0.557. The third-order valence-electron chi connectivity index (χ3n) is 9.36. The van der Waals surface area contributed by atoms with Crippen molar-refractivity contribution in [3.8, 4) is 0 Å². The topological polar surface area (TPSA) is 26.0 Å². The number of rotatable bonds is 4. The average Bonchev–Trinajstić information content (AvgIpc) is 3.05. The van der Waals surface area contributed by atoms with Gasteiger partial charge in [0.05, 0.1) is 5.54 Å². The monoisotopic (exact) mass is 389 g/mol. The number of benzene rings is 1. The third-order valence-corrected chi connectivity index (χ3v) is 9.36. The standard InChI is InChI=1S/C28H39N/c1-20-9-11-21(12-10-20)6-5-8-22-14-16-25-24-15-13-23-7-3-4-18-28(23,29)26(24)17-19-27(22,25)2/h9-13,17,22,24-25H,3-8,14-16,18-19,29H2,1-2H3. The highest BCUT2D eigenvalue weighted by Crippen LogP contribution is 2.62. The molecule has 0 amide bonds. The molecule has 0 aliphatic heterocycles. The SMILES string of the molecule is Cc1ccc(CCCC2CCC3C4CC=C5CCCCC5(N)C4=CCC23C)cc1. The second kappa shape index (κ2) is 7.41. The average molecular weight is 390 g/mol. The number of fused-ring (bicyclic) bond motifs is 5. The summed E-state index contributed by atoms with van der Waals surface area (Å²) in [5.74, 6) is 2.47. The van der Waals surface area contributed by atoms with Crippen molar-refractivity contribution in [3.05, 3.63) is 58.7 Å². The summed E-state index contributed by atoms with van der Waals surface area (Å²) in [6.07, 6.45) is 19.6. The van der Waals surface area contributed by atoms with Crippen molar-refractivity contribution in [2.75, 3.05) is 0 Å². The lowest BCUT2D eigenvalue weighted by Gasteiger charge is -2.52. The molecule has 1 aromatic carbocycles. The summed E-state index contributed by atoms with van der Waals surface area (Å²) in [6, 6.07) is 9.16. The molecule has 29 heavy (non-hydrogen) atoms. The molecule has 0 radical (unpaired) electrons. The highest BCUT2D eigenvalue weighted by molar-refractivity contribution is 5.43. The molecule has 4 aliphatic rings. The zero-order valence-corrected chi connectivity index (χ0v) is 18.6. The van der Waals surface area contributed by atoms with Crippen LogP contribution in [0.1, 0.15) is 82.3 Å². The van der Waals surface area contributed by atoms with Crippen LogP contribution < -0.4 is 5.73 Å². The highest BCUT2D eigenvalue weighted by atomic mass is 14.8. The Morgan fingerprint density at radius 1 is 1.07 bits per heavy atom. The maximum Gasteiger partial charge on any atom is 0.0587 e. The summed E-state index contributed by atoms with van der Waals surface area (Å²) in [4.78, 5) is 0. The van der Waals surface area contributed by atoms with Gasteiger partial charge in [-0.2, -0.15) is 0 Å². The van der Waals surface area contributed by atoms with Gasteiger partial charge in [0.15, 0.2) is 0 Å². The van der Waals surface area contributed by atoms with E-state index in [-0.39, 0.29) is 5.54 Å². The van der Waals surface area contributed by atoms with Crippen LogP contribution in [0.2, 0.25) is 0 Å². The molecular weight excluding hydrogens is 350 g/mol. The highest BCUT2D eigenvalue weighted by Gasteiger charge is 2.54. The molecule has 0 heterocycles. The second-order valence-corrected chi connectivity index (χ2v) is 10.9. The first-order valence-electron chi connectivity index (χ1n) is 12.3. The first-order valence-corrected chi connectivity index (χ1v) is 12.3. The smallest absolute Gasteiger partial charge is 0.0587 e. The van der Waals surface area contributed by atoms with Gasteiger partial charge < -0.3 is 5.73 Å². The van der Waals surface area contributed by atoms with Gasteiger partial charge in [-0.15, -0.1) is 0 Å². The van der Waals surface area contributed by atoms with Crippen molar-refractivity contribution in [1.82, 2.24) is 0 Å². The van der Waals surface area contributed by atoms with E-state index in [1.54, 1.807) is 11.1 Å². The number of hydrogen-bond donors (Lipinski definition) is 1. The number of aryl methyl sites for hydroxylation is 2. The van der Waals surface area contributed by atoms with Crippen LogP contribution in [0, 0.1) is 30.1 Å². The maximum atomic E-state index is 7.10. The molecule has 2 N–H and O–H groups in total. The van der Waals surface area contributed by atoms with Crippen LogP contribution in [-0.4, -0.2) is 5.54 Å². The zero-order valence-electron chi connectivity index (χ0n) is 18.6. The van der Waals surface area contributed by atoms with Crippen LogP contribution in [0.4, 0.5) is 0 Å². The van der Waals surface area contributed by atoms with Gasteiger partial charge in [-0.1, -0.05) is 60.9 Å². The van der Waals surface area contributed by atoms with E-state index in [0.29, 0.717) is 5.41 Å². The normalized spacial score (nSPS) is 38.5. The lowest BCUT2D eigenvalue weighted by molar-refractivity contribution is 0.0944. The van der Waals surface area contributed by atoms with Crippen LogP contribution in [0.15, 0.2) is 47.6 Å². The Hall–Kier alpha value is -1.34. The van der Waals surface area contributed by atoms with Crippen molar-refractivity contribution in [1.29, 1.82) is 0 Å². The molecule has 2 saturated carbocycles. The molecule has 156 valence electrons. The fourth-order valence-corrected chi connectivity index (χ4v) is 7.59. The van der Waals surface area contributed by atoms with E-state index >= 15 is 0 Å². The molecule has 0 saturated heterocycles. The molecular formula is C28H39N. The Balaban J connectivity index is 1.29. The maximum absolute atomic E-state index is 7.10. The Morgan fingerprint density at radius 3 is 2.72 bits per heavy atom. The molecule has 1 aromatic rings. The first kappa shape index (κ1) is 19.6. The molecule has 0 bridgehead atoms. The Bertz CT molecular complexity index is 815. The summed E-state index contributed by atoms with van der Waals surface area (Å²) in [7, 11) is 0. The zero-order chi connectivity index (χ0) is 20.1. The summed E-state index contributed by atoms with van der Waals surface area (Å²) >= 11 is 0. The third kappa shape index (κ3) is 3.25. The molecule has 4 aliphatic carbocycles. The lowest BCUT2D eigenvalue weighted by atomic mass is 9.54. The molecule has 2 fully saturated rings. The molecule has 1 heteroatoms. The van der Waals surface area contributed by atoms with Gasteiger partial charge in [-0.25, -0.2) is 0 Å². The lowest BCUT2D eigenvalue weighted by Crippen LogP contribution is -2.53. The van der Waals surface area contributed by atoms with Crippen LogP contribution in [-0.2, 0) is 6.42 Å². The number of hydrogen-bond acceptors (Lipinski definition) is 1. The van der Waals surface area contributed by atoms with Crippen molar-refractivity contribution < 1.29 is 0 Å². The molecule has 0 spiro atoms. The van der Waals surface area contributed by atoms with Crippen molar-refractivity contribution in [2.45, 2.75) is 90.0 Å². The molecule has 0 aromatic heterocycles. The van der Waals surface area contributed by atoms with E-state index in [4.69, 9.17) is 5.73 Å². The van der Waals surface area contributed by atoms with Gasteiger partial charge in [0.1, 0.15) is 0 Å². The van der Waals surface area contributed by atoms with Gasteiger partial charge in [-0.05, 0) is 105 Å². The van der Waals surface area contributed by atoms with E-state index in [2.05, 4.69) is 50.3 Å². The summed E-state index contributed by atoms with van der Waals surface area (Å²) in [6.45, 7) is 4.80. The van der Waals surface area contributed by atoms with Crippen molar-refractivity contribution in [2.24, 2.45) is 28.9 Å². The van der Waals surface area contributed by atoms with E-state index < -0.39 is 0 Å². The first-order chi connectivity index (χ1) is 14.0. The minimum absolute atomic E-state index is 0.0774. The van der Waals surface area contributed by atoms with Gasteiger partial charge in [-0.3, -0.25) is 0 Å². The van der Waals surface area contributed by atoms with Gasteiger partial charge in [0, 0.05) is 0 Å². The Kier molecular flexibility index (Phi) is 5.01. The number of nitrogens with two attached hydrogens (primary N) is 1. The summed E-state index contributed by atoms with van der Waals surface area (Å²) in [5, 5.41) is 0. The predicted octanol–water partition coefficient (Wildman–Crippen LogP) is 6.90. The molecule has 5 unspecified atom stereocenters. The molecule has 5 atom stereocenters. The van der Waals surface area contributed by atoms with Crippen molar-refractivity contribution in [3.63, 3.8) is 0 Å². The van der Waals surface area contributed by atoms with Crippen molar-refractivity contribution >= 4 is 0 Å². The van der Waals surface area contributed by atoms with Crippen LogP contribution in [0.3, 0.4) is 0 Å². The van der Waals surface area contributed by atoms with Crippen LogP contribution in [0.5, 0.6) is 0 Å².